The van der Waals surface area contributed by atoms with Crippen LogP contribution in [-0.4, -0.2) is 0 Å². The quantitative estimate of drug-likeness (QED) is 0.0540. The van der Waals surface area contributed by atoms with Crippen molar-refractivity contribution >= 4 is 0 Å². The van der Waals surface area contributed by atoms with E-state index in [0.717, 1.165) is 17.8 Å². The Hall–Kier alpha value is -0.260. The topological polar surface area (TPSA) is 0 Å². The fourth-order valence-electron chi connectivity index (χ4n) is 6.52. The van der Waals surface area contributed by atoms with Crippen LogP contribution in [-0.2, 0) is 0 Å². The first-order chi connectivity index (χ1) is 20.0. The van der Waals surface area contributed by atoms with E-state index in [9.17, 15) is 0 Å². The molecule has 0 aromatic carbocycles. The van der Waals surface area contributed by atoms with Crippen LogP contribution in [0.2, 0.25) is 0 Å². The minimum absolute atomic E-state index is 0.725. The van der Waals surface area contributed by atoms with E-state index >= 15 is 0 Å². The van der Waals surface area contributed by atoms with Crippen LogP contribution < -0.4 is 0 Å². The molecule has 0 aliphatic carbocycles. The third-order valence-electron chi connectivity index (χ3n) is 10.1. The van der Waals surface area contributed by atoms with Crippen molar-refractivity contribution in [3.05, 3.63) is 11.6 Å². The van der Waals surface area contributed by atoms with Gasteiger partial charge in [0, 0.05) is 0 Å². The van der Waals surface area contributed by atoms with E-state index in [1.807, 2.05) is 0 Å². The highest BCUT2D eigenvalue weighted by Crippen LogP contribution is 2.26. The zero-order valence-electron chi connectivity index (χ0n) is 30.0. The summed E-state index contributed by atoms with van der Waals surface area (Å²) < 4.78 is 0. The molecule has 0 aliphatic rings. The van der Waals surface area contributed by atoms with Gasteiger partial charge in [-0.2, -0.15) is 0 Å². The highest BCUT2D eigenvalue weighted by atomic mass is 14.2. The Kier molecular flexibility index (Phi) is 32.4. The van der Waals surface area contributed by atoms with Gasteiger partial charge >= 0.3 is 0 Å². The van der Waals surface area contributed by atoms with Crippen LogP contribution in [0.25, 0.3) is 0 Å². The molecule has 0 heteroatoms. The van der Waals surface area contributed by atoms with E-state index in [1.54, 1.807) is 5.57 Å². The summed E-state index contributed by atoms with van der Waals surface area (Å²) in [5.41, 5.74) is 1.79. The Balaban J connectivity index is 3.95. The van der Waals surface area contributed by atoms with Crippen molar-refractivity contribution < 1.29 is 0 Å². The maximum absolute atomic E-state index is 2.70. The lowest BCUT2D eigenvalue weighted by atomic mass is 9.84. The molecule has 41 heavy (non-hydrogen) atoms. The van der Waals surface area contributed by atoms with E-state index in [0.29, 0.717) is 0 Å². The van der Waals surface area contributed by atoms with Gasteiger partial charge in [0.15, 0.2) is 0 Å². The van der Waals surface area contributed by atoms with Gasteiger partial charge in [0.25, 0.3) is 0 Å². The van der Waals surface area contributed by atoms with Gasteiger partial charge in [-0.05, 0) is 43.4 Å². The summed E-state index contributed by atoms with van der Waals surface area (Å²) in [5.74, 6) is 2.30. The first-order valence-corrected chi connectivity index (χ1v) is 19.7. The minimum atomic E-state index is 0.725. The molecule has 0 fully saturated rings. The standard InChI is InChI=1S/C41H82/c1-7-9-11-13-15-17-19-21-23-25-27-29-31-33-35-41(37-39(5)40(6)38(3)4)36-34-32-30-28-26-24-22-20-18-16-14-12-10-8-2/h37-40H,7-36H2,1-6H3. The van der Waals surface area contributed by atoms with Crippen LogP contribution in [0.5, 0.6) is 0 Å². The molecule has 0 saturated heterocycles. The fourth-order valence-corrected chi connectivity index (χ4v) is 6.52. The predicted molar refractivity (Wildman–Crippen MR) is 191 cm³/mol. The number of hydrogen-bond acceptors (Lipinski definition) is 0. The number of rotatable bonds is 33. The van der Waals surface area contributed by atoms with Crippen LogP contribution >= 0.6 is 0 Å². The van der Waals surface area contributed by atoms with Crippen molar-refractivity contribution in [1.82, 2.24) is 0 Å². The van der Waals surface area contributed by atoms with Gasteiger partial charge in [-0.3, -0.25) is 0 Å². The summed E-state index contributed by atoms with van der Waals surface area (Å²) >= 11 is 0. The van der Waals surface area contributed by atoms with E-state index in [-0.39, 0.29) is 0 Å². The summed E-state index contributed by atoms with van der Waals surface area (Å²) in [5, 5.41) is 0. The smallest absolute Gasteiger partial charge is 0.0231 e. The average molecular weight is 575 g/mol. The molecule has 2 unspecified atom stereocenters. The maximum Gasteiger partial charge on any atom is -0.0231 e. The van der Waals surface area contributed by atoms with Gasteiger partial charge in [-0.1, -0.05) is 220 Å². The van der Waals surface area contributed by atoms with Crippen LogP contribution in [0.3, 0.4) is 0 Å². The van der Waals surface area contributed by atoms with Gasteiger partial charge in [0.1, 0.15) is 0 Å². The van der Waals surface area contributed by atoms with Crippen LogP contribution in [0.15, 0.2) is 11.6 Å². The zero-order chi connectivity index (χ0) is 30.2. The monoisotopic (exact) mass is 575 g/mol. The van der Waals surface area contributed by atoms with Crippen LogP contribution in [0.4, 0.5) is 0 Å². The lowest BCUT2D eigenvalue weighted by molar-refractivity contribution is 0.340. The molecule has 0 heterocycles. The van der Waals surface area contributed by atoms with Crippen LogP contribution in [0, 0.1) is 17.8 Å². The predicted octanol–water partition coefficient (Wildman–Crippen LogP) is 15.6. The largest absolute Gasteiger partial charge is 0.0822 e. The Morgan fingerprint density at radius 1 is 0.366 bits per heavy atom. The molecule has 2 atom stereocenters. The Labute approximate surface area is 263 Å². The summed E-state index contributed by atoms with van der Waals surface area (Å²) in [6.07, 6.45) is 46.2. The van der Waals surface area contributed by atoms with Crippen molar-refractivity contribution in [3.63, 3.8) is 0 Å². The molecule has 0 aliphatic heterocycles. The van der Waals surface area contributed by atoms with Crippen molar-refractivity contribution in [2.24, 2.45) is 17.8 Å². The molecule has 0 saturated carbocycles. The Morgan fingerprint density at radius 3 is 0.854 bits per heavy atom. The zero-order valence-corrected chi connectivity index (χ0v) is 30.0. The van der Waals surface area contributed by atoms with Gasteiger partial charge in [0.05, 0.1) is 0 Å². The second-order valence-corrected chi connectivity index (χ2v) is 14.5. The fraction of sp³-hybridized carbons (Fsp3) is 0.951. The normalized spacial score (nSPS) is 13.1. The Bertz CT molecular complexity index is 480. The molecule has 246 valence electrons. The Morgan fingerprint density at radius 2 is 0.610 bits per heavy atom. The summed E-state index contributed by atoms with van der Waals surface area (Å²) in [4.78, 5) is 0. The van der Waals surface area contributed by atoms with Gasteiger partial charge in [0.2, 0.25) is 0 Å². The molecule has 0 rings (SSSR count). The number of allylic oxidation sites excluding steroid dienone is 2. The third-order valence-corrected chi connectivity index (χ3v) is 10.1. The van der Waals surface area contributed by atoms with Crippen molar-refractivity contribution in [2.45, 2.75) is 234 Å². The van der Waals surface area contributed by atoms with Crippen molar-refractivity contribution in [1.29, 1.82) is 0 Å². The molecular formula is C41H82. The first kappa shape index (κ1) is 40.7. The first-order valence-electron chi connectivity index (χ1n) is 19.7. The molecule has 0 aromatic rings. The minimum Gasteiger partial charge on any atom is -0.0822 e. The summed E-state index contributed by atoms with van der Waals surface area (Å²) in [6.45, 7) is 14.4. The van der Waals surface area contributed by atoms with Crippen LogP contribution in [0.1, 0.15) is 234 Å². The van der Waals surface area contributed by atoms with Gasteiger partial charge in [-0.15, -0.1) is 0 Å². The maximum atomic E-state index is 2.70. The third kappa shape index (κ3) is 29.6. The van der Waals surface area contributed by atoms with Crippen molar-refractivity contribution in [2.75, 3.05) is 0 Å². The molecule has 0 N–H and O–H groups in total. The van der Waals surface area contributed by atoms with E-state index in [4.69, 9.17) is 0 Å². The lowest BCUT2D eigenvalue weighted by Crippen LogP contribution is -2.12. The van der Waals surface area contributed by atoms with E-state index < -0.39 is 0 Å². The number of hydrogen-bond donors (Lipinski definition) is 0. The molecule has 0 radical (unpaired) electrons. The molecular weight excluding hydrogens is 492 g/mol. The second kappa shape index (κ2) is 32.6. The van der Waals surface area contributed by atoms with E-state index in [2.05, 4.69) is 47.6 Å². The van der Waals surface area contributed by atoms with E-state index in [1.165, 1.54) is 193 Å². The second-order valence-electron chi connectivity index (χ2n) is 14.5. The average Bonchev–Trinajstić information content (AvgIpc) is 2.96. The lowest BCUT2D eigenvalue weighted by Gasteiger charge is -2.22. The summed E-state index contributed by atoms with van der Waals surface area (Å²) in [7, 11) is 0. The van der Waals surface area contributed by atoms with Gasteiger partial charge in [-0.25, -0.2) is 0 Å². The molecule has 0 nitrogen and oxygen atoms in total. The van der Waals surface area contributed by atoms with Gasteiger partial charge < -0.3 is 0 Å². The SMILES string of the molecule is CCCCCCCCCCCCCCCCC(=CC(C)C(C)C(C)C)CCCCCCCCCCCCCCCC. The molecule has 0 spiro atoms. The van der Waals surface area contributed by atoms with Crippen molar-refractivity contribution in [3.8, 4) is 0 Å². The molecule has 0 amide bonds. The highest BCUT2D eigenvalue weighted by molar-refractivity contribution is 5.05. The number of unbranched alkanes of at least 4 members (excludes halogenated alkanes) is 26. The summed E-state index contributed by atoms with van der Waals surface area (Å²) in [6, 6.07) is 0. The highest BCUT2D eigenvalue weighted by Gasteiger charge is 2.14. The molecule has 0 bridgehead atoms. The molecule has 0 aromatic heterocycles.